The van der Waals surface area contributed by atoms with Gasteiger partial charge in [0, 0.05) is 30.9 Å². The van der Waals surface area contributed by atoms with E-state index in [0.717, 1.165) is 24.6 Å². The van der Waals surface area contributed by atoms with Crippen LogP contribution in [0.5, 0.6) is 0 Å². The van der Waals surface area contributed by atoms with Crippen molar-refractivity contribution >= 4 is 5.82 Å². The molecule has 0 saturated carbocycles. The van der Waals surface area contributed by atoms with Gasteiger partial charge in [0.05, 0.1) is 0 Å². The van der Waals surface area contributed by atoms with Crippen molar-refractivity contribution in [1.82, 2.24) is 10.3 Å². The Morgan fingerprint density at radius 2 is 1.89 bits per heavy atom. The van der Waals surface area contributed by atoms with E-state index in [1.165, 1.54) is 5.56 Å². The Hall–Kier alpha value is -1.09. The lowest BCUT2D eigenvalue weighted by atomic mass is 10.2. The van der Waals surface area contributed by atoms with Gasteiger partial charge in [-0.15, -0.1) is 0 Å². The second kappa shape index (κ2) is 6.74. The molecule has 0 saturated heterocycles. The lowest BCUT2D eigenvalue weighted by molar-refractivity contribution is 0.586. The van der Waals surface area contributed by atoms with Gasteiger partial charge in [-0.25, -0.2) is 4.98 Å². The number of hydrogen-bond donors (Lipinski definition) is 1. The SMILES string of the molecule is CCN(c1ccc(CNC(C)C)c(C)n1)C(C)C. The van der Waals surface area contributed by atoms with Gasteiger partial charge in [-0.3, -0.25) is 0 Å². The number of anilines is 1. The fourth-order valence-corrected chi connectivity index (χ4v) is 2.03. The minimum Gasteiger partial charge on any atom is -0.354 e. The standard InChI is InChI=1S/C15H27N3/c1-7-18(12(4)5)15-9-8-14(13(6)17-15)10-16-11(2)3/h8-9,11-12,16H,7,10H2,1-6H3. The number of aromatic nitrogens is 1. The van der Waals surface area contributed by atoms with Gasteiger partial charge in [0.25, 0.3) is 0 Å². The van der Waals surface area contributed by atoms with E-state index in [4.69, 9.17) is 4.98 Å². The minimum atomic E-state index is 0.488. The molecule has 0 unspecified atom stereocenters. The molecule has 0 amide bonds. The Balaban J connectivity index is 2.84. The van der Waals surface area contributed by atoms with Crippen LogP contribution in [0.3, 0.4) is 0 Å². The maximum Gasteiger partial charge on any atom is 0.129 e. The van der Waals surface area contributed by atoms with E-state index in [2.05, 4.69) is 63.9 Å². The Morgan fingerprint density at radius 3 is 2.33 bits per heavy atom. The summed E-state index contributed by atoms with van der Waals surface area (Å²) in [5.74, 6) is 1.08. The van der Waals surface area contributed by atoms with Crippen LogP contribution in [-0.2, 0) is 6.54 Å². The summed E-state index contributed by atoms with van der Waals surface area (Å²) in [5, 5.41) is 3.43. The summed E-state index contributed by atoms with van der Waals surface area (Å²) in [6.45, 7) is 14.9. The zero-order chi connectivity index (χ0) is 13.7. The molecule has 3 heteroatoms. The molecule has 1 rings (SSSR count). The molecule has 1 aromatic rings. The minimum absolute atomic E-state index is 0.488. The molecule has 0 atom stereocenters. The number of hydrogen-bond acceptors (Lipinski definition) is 3. The highest BCUT2D eigenvalue weighted by Gasteiger charge is 2.11. The Bertz CT molecular complexity index is 372. The van der Waals surface area contributed by atoms with E-state index < -0.39 is 0 Å². The molecule has 0 bridgehead atoms. The second-order valence-corrected chi connectivity index (χ2v) is 5.33. The molecule has 1 aromatic heterocycles. The number of rotatable bonds is 6. The molecule has 0 spiro atoms. The lowest BCUT2D eigenvalue weighted by Gasteiger charge is -2.27. The molecule has 1 N–H and O–H groups in total. The average Bonchev–Trinajstić information content (AvgIpc) is 2.28. The largest absolute Gasteiger partial charge is 0.354 e. The topological polar surface area (TPSA) is 28.2 Å². The van der Waals surface area contributed by atoms with Gasteiger partial charge in [0.2, 0.25) is 0 Å². The number of nitrogens with zero attached hydrogens (tertiary/aromatic N) is 2. The summed E-state index contributed by atoms with van der Waals surface area (Å²) in [7, 11) is 0. The monoisotopic (exact) mass is 249 g/mol. The van der Waals surface area contributed by atoms with Gasteiger partial charge in [0.1, 0.15) is 5.82 Å². The van der Waals surface area contributed by atoms with Crippen molar-refractivity contribution in [1.29, 1.82) is 0 Å². The number of aryl methyl sites for hydroxylation is 1. The van der Waals surface area contributed by atoms with Crippen LogP contribution in [0.25, 0.3) is 0 Å². The first-order valence-corrected chi connectivity index (χ1v) is 6.92. The fraction of sp³-hybridized carbons (Fsp3) is 0.667. The van der Waals surface area contributed by atoms with Gasteiger partial charge in [-0.1, -0.05) is 19.9 Å². The summed E-state index contributed by atoms with van der Waals surface area (Å²) in [6.07, 6.45) is 0. The van der Waals surface area contributed by atoms with Crippen molar-refractivity contribution in [2.75, 3.05) is 11.4 Å². The number of pyridine rings is 1. The average molecular weight is 249 g/mol. The predicted octanol–water partition coefficient (Wildman–Crippen LogP) is 3.12. The van der Waals surface area contributed by atoms with E-state index in [-0.39, 0.29) is 0 Å². The normalized spacial score (nSPS) is 11.3. The summed E-state index contributed by atoms with van der Waals surface area (Å²) in [4.78, 5) is 7.04. The van der Waals surface area contributed by atoms with Crippen LogP contribution < -0.4 is 10.2 Å². The molecule has 0 radical (unpaired) electrons. The third-order valence-corrected chi connectivity index (χ3v) is 3.14. The van der Waals surface area contributed by atoms with Crippen molar-refractivity contribution in [3.63, 3.8) is 0 Å². The van der Waals surface area contributed by atoms with Crippen LogP contribution in [0.1, 0.15) is 45.9 Å². The highest BCUT2D eigenvalue weighted by atomic mass is 15.2. The van der Waals surface area contributed by atoms with E-state index >= 15 is 0 Å². The van der Waals surface area contributed by atoms with Gasteiger partial charge in [0.15, 0.2) is 0 Å². The smallest absolute Gasteiger partial charge is 0.129 e. The predicted molar refractivity (Wildman–Crippen MR) is 79.1 cm³/mol. The first-order chi connectivity index (χ1) is 8.45. The molecule has 102 valence electrons. The van der Waals surface area contributed by atoms with Crippen LogP contribution in [-0.4, -0.2) is 23.6 Å². The van der Waals surface area contributed by atoms with Crippen LogP contribution in [0.4, 0.5) is 5.82 Å². The zero-order valence-electron chi connectivity index (χ0n) is 12.6. The fourth-order valence-electron chi connectivity index (χ4n) is 2.03. The van der Waals surface area contributed by atoms with Crippen molar-refractivity contribution < 1.29 is 0 Å². The van der Waals surface area contributed by atoms with Gasteiger partial charge >= 0.3 is 0 Å². The van der Waals surface area contributed by atoms with Crippen molar-refractivity contribution in [3.8, 4) is 0 Å². The highest BCUT2D eigenvalue weighted by molar-refractivity contribution is 5.42. The van der Waals surface area contributed by atoms with Gasteiger partial charge in [-0.05, 0) is 39.3 Å². The molecule has 0 aliphatic carbocycles. The zero-order valence-corrected chi connectivity index (χ0v) is 12.6. The molecule has 0 aromatic carbocycles. The molecular weight excluding hydrogens is 222 g/mol. The number of nitrogens with one attached hydrogen (secondary N) is 1. The van der Waals surface area contributed by atoms with Crippen LogP contribution >= 0.6 is 0 Å². The Labute approximate surface area is 112 Å². The summed E-state index contributed by atoms with van der Waals surface area (Å²) >= 11 is 0. The van der Waals surface area contributed by atoms with Crippen molar-refractivity contribution in [2.45, 2.75) is 60.2 Å². The van der Waals surface area contributed by atoms with E-state index in [9.17, 15) is 0 Å². The first kappa shape index (κ1) is 15.0. The van der Waals surface area contributed by atoms with E-state index in [1.807, 2.05) is 0 Å². The maximum atomic E-state index is 4.73. The molecule has 0 aliphatic heterocycles. The van der Waals surface area contributed by atoms with E-state index in [1.54, 1.807) is 0 Å². The third-order valence-electron chi connectivity index (χ3n) is 3.14. The van der Waals surface area contributed by atoms with Crippen molar-refractivity contribution in [2.24, 2.45) is 0 Å². The van der Waals surface area contributed by atoms with Gasteiger partial charge in [-0.2, -0.15) is 0 Å². The molecule has 0 aliphatic rings. The molecule has 1 heterocycles. The van der Waals surface area contributed by atoms with Crippen molar-refractivity contribution in [3.05, 3.63) is 23.4 Å². The molecule has 3 nitrogen and oxygen atoms in total. The Morgan fingerprint density at radius 1 is 1.22 bits per heavy atom. The second-order valence-electron chi connectivity index (χ2n) is 5.33. The van der Waals surface area contributed by atoms with Gasteiger partial charge < -0.3 is 10.2 Å². The lowest BCUT2D eigenvalue weighted by Crippen LogP contribution is -2.31. The van der Waals surface area contributed by atoms with Crippen LogP contribution in [0.2, 0.25) is 0 Å². The first-order valence-electron chi connectivity index (χ1n) is 6.92. The summed E-state index contributed by atoms with van der Waals surface area (Å²) in [5.41, 5.74) is 2.41. The maximum absolute atomic E-state index is 4.73. The molecule has 0 fully saturated rings. The van der Waals surface area contributed by atoms with Crippen LogP contribution in [0, 0.1) is 6.92 Å². The molecule has 18 heavy (non-hydrogen) atoms. The quantitative estimate of drug-likeness (QED) is 0.839. The molecular formula is C15H27N3. The van der Waals surface area contributed by atoms with E-state index in [0.29, 0.717) is 12.1 Å². The highest BCUT2D eigenvalue weighted by Crippen LogP contribution is 2.17. The summed E-state index contributed by atoms with van der Waals surface area (Å²) < 4.78 is 0. The van der Waals surface area contributed by atoms with Crippen LogP contribution in [0.15, 0.2) is 12.1 Å². The Kier molecular flexibility index (Phi) is 5.60. The third kappa shape index (κ3) is 3.98. The summed E-state index contributed by atoms with van der Waals surface area (Å²) in [6, 6.07) is 5.32.